The van der Waals surface area contributed by atoms with E-state index in [-0.39, 0.29) is 5.91 Å². The zero-order chi connectivity index (χ0) is 17.8. The second-order valence-electron chi connectivity index (χ2n) is 6.21. The minimum absolute atomic E-state index is 0.296. The number of hydrogen-bond donors (Lipinski definition) is 2. The Hall–Kier alpha value is -3.06. The normalized spacial score (nSPS) is 17.0. The van der Waals surface area contributed by atoms with Gasteiger partial charge in [0, 0.05) is 36.0 Å². The number of carbonyl (C=O) groups is 1. The fourth-order valence-corrected chi connectivity index (χ4v) is 2.99. The van der Waals surface area contributed by atoms with Gasteiger partial charge in [-0.25, -0.2) is 9.97 Å². The Morgan fingerprint density at radius 3 is 2.92 bits per heavy atom. The summed E-state index contributed by atoms with van der Waals surface area (Å²) in [4.78, 5) is 21.1. The topological polar surface area (TPSA) is 92.8 Å². The van der Waals surface area contributed by atoms with Gasteiger partial charge in [-0.2, -0.15) is 5.10 Å². The number of hydrogen-bond acceptors (Lipinski definition) is 5. The van der Waals surface area contributed by atoms with Crippen molar-refractivity contribution in [2.24, 2.45) is 0 Å². The van der Waals surface area contributed by atoms with Crippen molar-refractivity contribution in [1.82, 2.24) is 20.2 Å². The van der Waals surface area contributed by atoms with Gasteiger partial charge < -0.3 is 10.1 Å². The molecule has 3 heterocycles. The largest absolute Gasteiger partial charge is 0.381 e. The molecule has 1 atom stereocenters. The van der Waals surface area contributed by atoms with Crippen LogP contribution in [0.3, 0.4) is 0 Å². The van der Waals surface area contributed by atoms with Crippen LogP contribution in [0.15, 0.2) is 48.7 Å². The lowest BCUT2D eigenvalue weighted by atomic mass is 9.99. The number of aromatic amines is 1. The van der Waals surface area contributed by atoms with E-state index in [1.54, 1.807) is 12.3 Å². The van der Waals surface area contributed by atoms with Gasteiger partial charge in [0.2, 0.25) is 0 Å². The molecule has 1 aliphatic rings. The average molecular weight is 349 g/mol. The van der Waals surface area contributed by atoms with E-state index in [2.05, 4.69) is 25.5 Å². The number of nitrogens with one attached hydrogen (secondary N) is 2. The number of nitrogens with zero attached hydrogens (tertiary/aromatic N) is 3. The molecule has 3 aromatic rings. The summed E-state index contributed by atoms with van der Waals surface area (Å²) in [5.74, 6) is 0.976. The smallest absolute Gasteiger partial charge is 0.275 e. The molecule has 1 unspecified atom stereocenters. The van der Waals surface area contributed by atoms with E-state index in [4.69, 9.17) is 4.74 Å². The Morgan fingerprint density at radius 1 is 1.23 bits per heavy atom. The van der Waals surface area contributed by atoms with Gasteiger partial charge in [-0.05, 0) is 18.9 Å². The second-order valence-corrected chi connectivity index (χ2v) is 6.21. The third-order valence-corrected chi connectivity index (χ3v) is 4.36. The highest BCUT2D eigenvalue weighted by molar-refractivity contribution is 6.02. The molecule has 0 radical (unpaired) electrons. The number of carbonyl (C=O) groups excluding carboxylic acids is 1. The molecule has 26 heavy (non-hydrogen) atoms. The van der Waals surface area contributed by atoms with E-state index in [1.807, 2.05) is 36.4 Å². The van der Waals surface area contributed by atoms with Crippen LogP contribution in [0.5, 0.6) is 0 Å². The zero-order valence-electron chi connectivity index (χ0n) is 14.2. The van der Waals surface area contributed by atoms with Crippen molar-refractivity contribution < 1.29 is 9.53 Å². The lowest BCUT2D eigenvalue weighted by Gasteiger charge is -2.20. The molecule has 0 saturated carbocycles. The van der Waals surface area contributed by atoms with E-state index in [9.17, 15) is 4.79 Å². The van der Waals surface area contributed by atoms with Crippen LogP contribution in [-0.4, -0.2) is 39.3 Å². The summed E-state index contributed by atoms with van der Waals surface area (Å²) in [7, 11) is 0. The molecule has 1 saturated heterocycles. The van der Waals surface area contributed by atoms with Crippen molar-refractivity contribution in [3.8, 4) is 11.4 Å². The molecule has 1 amide bonds. The first kappa shape index (κ1) is 16.4. The number of benzene rings is 1. The number of ether oxygens (including phenoxy) is 1. The quantitative estimate of drug-likeness (QED) is 0.755. The Kier molecular flexibility index (Phi) is 4.70. The van der Waals surface area contributed by atoms with Crippen molar-refractivity contribution in [2.75, 3.05) is 18.5 Å². The first-order valence-corrected chi connectivity index (χ1v) is 8.62. The molecule has 4 rings (SSSR count). The third kappa shape index (κ3) is 3.62. The average Bonchev–Trinajstić information content (AvgIpc) is 3.18. The minimum atomic E-state index is -0.317. The number of anilines is 1. The molecule has 0 spiro atoms. The van der Waals surface area contributed by atoms with Crippen LogP contribution in [-0.2, 0) is 4.74 Å². The highest BCUT2D eigenvalue weighted by Crippen LogP contribution is 2.25. The van der Waals surface area contributed by atoms with Crippen LogP contribution >= 0.6 is 0 Å². The predicted molar refractivity (Wildman–Crippen MR) is 96.8 cm³/mol. The van der Waals surface area contributed by atoms with Crippen molar-refractivity contribution >= 4 is 11.7 Å². The fraction of sp³-hybridized carbons (Fsp3) is 0.263. The highest BCUT2D eigenvalue weighted by Gasteiger charge is 2.19. The first-order valence-electron chi connectivity index (χ1n) is 8.62. The lowest BCUT2D eigenvalue weighted by Crippen LogP contribution is -2.16. The van der Waals surface area contributed by atoms with Gasteiger partial charge in [0.05, 0.1) is 6.61 Å². The predicted octanol–water partition coefficient (Wildman–Crippen LogP) is 3.01. The van der Waals surface area contributed by atoms with Crippen LogP contribution in [0.1, 0.15) is 34.9 Å². The molecule has 132 valence electrons. The summed E-state index contributed by atoms with van der Waals surface area (Å²) in [5, 5.41) is 9.96. The van der Waals surface area contributed by atoms with Gasteiger partial charge in [0.1, 0.15) is 5.69 Å². The Bertz CT molecular complexity index is 888. The molecule has 2 N–H and O–H groups in total. The van der Waals surface area contributed by atoms with Gasteiger partial charge in [-0.1, -0.05) is 30.3 Å². The van der Waals surface area contributed by atoms with Crippen molar-refractivity contribution in [2.45, 2.75) is 18.8 Å². The first-order chi connectivity index (χ1) is 12.8. The highest BCUT2D eigenvalue weighted by atomic mass is 16.5. The minimum Gasteiger partial charge on any atom is -0.381 e. The van der Waals surface area contributed by atoms with Crippen LogP contribution in [0.2, 0.25) is 0 Å². The Labute approximate surface area is 150 Å². The summed E-state index contributed by atoms with van der Waals surface area (Å²) >= 11 is 0. The van der Waals surface area contributed by atoms with Gasteiger partial charge in [0.25, 0.3) is 5.91 Å². The van der Waals surface area contributed by atoms with Gasteiger partial charge >= 0.3 is 0 Å². The van der Waals surface area contributed by atoms with Crippen molar-refractivity contribution in [1.29, 1.82) is 0 Å². The monoisotopic (exact) mass is 349 g/mol. The van der Waals surface area contributed by atoms with Gasteiger partial charge in [0.15, 0.2) is 11.6 Å². The molecule has 7 nitrogen and oxygen atoms in total. The lowest BCUT2D eigenvalue weighted by molar-refractivity contribution is 0.0793. The summed E-state index contributed by atoms with van der Waals surface area (Å²) in [6.45, 7) is 1.49. The Balaban J connectivity index is 1.48. The molecule has 0 aliphatic carbocycles. The van der Waals surface area contributed by atoms with E-state index >= 15 is 0 Å². The van der Waals surface area contributed by atoms with Crippen LogP contribution in [0.4, 0.5) is 5.82 Å². The Morgan fingerprint density at radius 2 is 2.12 bits per heavy atom. The van der Waals surface area contributed by atoms with E-state index < -0.39 is 0 Å². The SMILES string of the molecule is O=C(Nc1cc(C2CCCOC2)[nH]n1)c1ccnc(-c2ccccc2)n1. The molecule has 1 aliphatic heterocycles. The summed E-state index contributed by atoms with van der Waals surface area (Å²) in [6, 6.07) is 13.0. The number of rotatable bonds is 4. The van der Waals surface area contributed by atoms with Crippen LogP contribution < -0.4 is 5.32 Å². The van der Waals surface area contributed by atoms with Gasteiger partial charge in [-0.15, -0.1) is 0 Å². The maximum atomic E-state index is 12.5. The molecule has 2 aromatic heterocycles. The van der Waals surface area contributed by atoms with Crippen molar-refractivity contribution in [3.05, 3.63) is 60.0 Å². The molecular formula is C19H19N5O2. The van der Waals surface area contributed by atoms with Crippen LogP contribution in [0.25, 0.3) is 11.4 Å². The molecule has 1 aromatic carbocycles. The maximum Gasteiger partial charge on any atom is 0.275 e. The molecule has 1 fully saturated rings. The standard InChI is InChI=1S/C19H19N5O2/c25-19(15-8-9-20-18(21-15)13-5-2-1-3-6-13)22-17-11-16(23-24-17)14-7-4-10-26-12-14/h1-3,5-6,8-9,11,14H,4,7,10,12H2,(H2,22,23,24,25). The molecule has 0 bridgehead atoms. The summed E-state index contributed by atoms with van der Waals surface area (Å²) in [5.41, 5.74) is 2.14. The zero-order valence-corrected chi connectivity index (χ0v) is 14.2. The van der Waals surface area contributed by atoms with E-state index in [0.717, 1.165) is 30.7 Å². The van der Waals surface area contributed by atoms with E-state index in [1.165, 1.54) is 0 Å². The summed E-state index contributed by atoms with van der Waals surface area (Å²) < 4.78 is 5.50. The van der Waals surface area contributed by atoms with E-state index in [0.29, 0.717) is 29.9 Å². The second kappa shape index (κ2) is 7.45. The maximum absolute atomic E-state index is 12.5. The molecule has 7 heteroatoms. The number of amides is 1. The third-order valence-electron chi connectivity index (χ3n) is 4.36. The number of H-pyrrole nitrogens is 1. The number of aromatic nitrogens is 4. The summed E-state index contributed by atoms with van der Waals surface area (Å²) in [6.07, 6.45) is 3.68. The fourth-order valence-electron chi connectivity index (χ4n) is 2.99. The van der Waals surface area contributed by atoms with Crippen molar-refractivity contribution in [3.63, 3.8) is 0 Å². The molecular weight excluding hydrogens is 330 g/mol. The van der Waals surface area contributed by atoms with Crippen LogP contribution in [0, 0.1) is 0 Å². The van der Waals surface area contributed by atoms with Gasteiger partial charge in [-0.3, -0.25) is 9.89 Å².